The van der Waals surface area contributed by atoms with Gasteiger partial charge in [0.2, 0.25) is 5.91 Å². The molecule has 0 saturated heterocycles. The first-order valence-electron chi connectivity index (χ1n) is 6.19. The number of carbonyl (C=O) groups excluding carboxylic acids is 2. The lowest BCUT2D eigenvalue weighted by molar-refractivity contribution is -0.140. The molecule has 0 spiro atoms. The van der Waals surface area contributed by atoms with Crippen LogP contribution >= 0.6 is 0 Å². The van der Waals surface area contributed by atoms with Crippen molar-refractivity contribution in [3.8, 4) is 0 Å². The van der Waals surface area contributed by atoms with E-state index < -0.39 is 0 Å². The molecule has 3 nitrogen and oxygen atoms in total. The Morgan fingerprint density at radius 2 is 1.82 bits per heavy atom. The van der Waals surface area contributed by atoms with Gasteiger partial charge < -0.3 is 0 Å². The van der Waals surface area contributed by atoms with Crippen LogP contribution in [0.3, 0.4) is 0 Å². The Hall–Kier alpha value is -1.38. The number of amides is 2. The zero-order valence-corrected chi connectivity index (χ0v) is 11.3. The molecule has 0 bridgehead atoms. The summed E-state index contributed by atoms with van der Waals surface area (Å²) in [7, 11) is 0. The molecule has 0 aliphatic heterocycles. The van der Waals surface area contributed by atoms with Crippen LogP contribution in [0.5, 0.6) is 0 Å². The lowest BCUT2D eigenvalue weighted by Crippen LogP contribution is -2.36. The Morgan fingerprint density at radius 3 is 2.24 bits per heavy atom. The normalized spacial score (nSPS) is 11.9. The lowest BCUT2D eigenvalue weighted by Gasteiger charge is -2.19. The van der Waals surface area contributed by atoms with Crippen LogP contribution in [-0.2, 0) is 9.59 Å². The molecule has 0 atom stereocenters. The first kappa shape index (κ1) is 15.6. The molecule has 0 unspecified atom stereocenters. The van der Waals surface area contributed by atoms with Gasteiger partial charge in [0.05, 0.1) is 0 Å². The number of unbranched alkanes of at least 4 members (excludes halogenated alkanes) is 2. The molecule has 0 aromatic heterocycles. The third kappa shape index (κ3) is 5.48. The van der Waals surface area contributed by atoms with E-state index in [-0.39, 0.29) is 11.8 Å². The first-order chi connectivity index (χ1) is 8.08. The van der Waals surface area contributed by atoms with Gasteiger partial charge in [0.15, 0.2) is 0 Å². The molecule has 0 radical (unpaired) electrons. The Bertz CT molecular complexity index is 316. The van der Waals surface area contributed by atoms with Crippen LogP contribution in [0.15, 0.2) is 23.8 Å². The van der Waals surface area contributed by atoms with E-state index in [1.807, 2.05) is 6.92 Å². The molecule has 0 rings (SSSR count). The van der Waals surface area contributed by atoms with E-state index >= 15 is 0 Å². The zero-order chi connectivity index (χ0) is 13.3. The molecule has 3 heteroatoms. The molecule has 17 heavy (non-hydrogen) atoms. The molecule has 0 aliphatic rings. The second kappa shape index (κ2) is 8.74. The minimum absolute atomic E-state index is 0.185. The number of hydrogen-bond acceptors (Lipinski definition) is 2. The first-order valence-corrected chi connectivity index (χ1v) is 6.19. The fraction of sp³-hybridized carbons (Fsp3) is 0.571. The maximum atomic E-state index is 12.1. The van der Waals surface area contributed by atoms with Crippen molar-refractivity contribution in [1.29, 1.82) is 0 Å². The number of hydrogen-bond donors (Lipinski definition) is 0. The summed E-state index contributed by atoms with van der Waals surface area (Å²) >= 11 is 0. The highest BCUT2D eigenvalue weighted by molar-refractivity contribution is 6.05. The van der Waals surface area contributed by atoms with Gasteiger partial charge in [0, 0.05) is 19.0 Å². The molecular weight excluding hydrogens is 214 g/mol. The Labute approximate surface area is 104 Å². The summed E-state index contributed by atoms with van der Waals surface area (Å²) in [5, 5.41) is 0. The molecule has 0 heterocycles. The third-order valence-electron chi connectivity index (χ3n) is 2.51. The van der Waals surface area contributed by atoms with E-state index in [0.29, 0.717) is 12.1 Å². The van der Waals surface area contributed by atoms with Crippen LogP contribution in [-0.4, -0.2) is 23.3 Å². The van der Waals surface area contributed by atoms with Crippen molar-refractivity contribution in [2.75, 3.05) is 6.54 Å². The van der Waals surface area contributed by atoms with Gasteiger partial charge in [0.25, 0.3) is 5.91 Å². The highest BCUT2D eigenvalue weighted by Gasteiger charge is 2.19. The van der Waals surface area contributed by atoms with Gasteiger partial charge in [-0.1, -0.05) is 38.0 Å². The molecular formula is C14H23NO2. The summed E-state index contributed by atoms with van der Waals surface area (Å²) in [6.45, 7) is 7.70. The largest absolute Gasteiger partial charge is 0.279 e. The van der Waals surface area contributed by atoms with E-state index in [4.69, 9.17) is 0 Å². The average molecular weight is 237 g/mol. The van der Waals surface area contributed by atoms with Crippen molar-refractivity contribution in [2.45, 2.75) is 47.0 Å². The number of imide groups is 1. The number of rotatable bonds is 6. The van der Waals surface area contributed by atoms with Crippen molar-refractivity contribution in [1.82, 2.24) is 4.90 Å². The summed E-state index contributed by atoms with van der Waals surface area (Å²) in [6, 6.07) is 0. The SMILES string of the molecule is C/C=C\C(=C/C)C(=O)N(CCCCC)C(C)=O. The Morgan fingerprint density at radius 1 is 1.18 bits per heavy atom. The van der Waals surface area contributed by atoms with E-state index in [1.165, 1.54) is 11.8 Å². The van der Waals surface area contributed by atoms with Crippen molar-refractivity contribution in [3.05, 3.63) is 23.8 Å². The van der Waals surface area contributed by atoms with Crippen LogP contribution in [0.1, 0.15) is 47.0 Å². The topological polar surface area (TPSA) is 37.4 Å². The second-order valence-corrected chi connectivity index (χ2v) is 3.93. The lowest BCUT2D eigenvalue weighted by atomic mass is 10.1. The fourth-order valence-corrected chi connectivity index (χ4v) is 1.55. The van der Waals surface area contributed by atoms with Gasteiger partial charge in [-0.25, -0.2) is 0 Å². The highest BCUT2D eigenvalue weighted by atomic mass is 16.2. The molecule has 0 aromatic rings. The Balaban J connectivity index is 4.70. The van der Waals surface area contributed by atoms with Crippen LogP contribution in [0.4, 0.5) is 0 Å². The van der Waals surface area contributed by atoms with Gasteiger partial charge in [0.1, 0.15) is 0 Å². The maximum Gasteiger partial charge on any atom is 0.260 e. The van der Waals surface area contributed by atoms with Crippen molar-refractivity contribution >= 4 is 11.8 Å². The van der Waals surface area contributed by atoms with Crippen LogP contribution in [0.25, 0.3) is 0 Å². The summed E-state index contributed by atoms with van der Waals surface area (Å²) in [5.41, 5.74) is 0.569. The Kier molecular flexibility index (Phi) is 8.03. The average Bonchev–Trinajstić information content (AvgIpc) is 2.30. The number of nitrogens with zero attached hydrogens (tertiary/aromatic N) is 1. The van der Waals surface area contributed by atoms with Crippen molar-refractivity contribution in [3.63, 3.8) is 0 Å². The minimum atomic E-state index is -0.200. The van der Waals surface area contributed by atoms with E-state index in [2.05, 4.69) is 6.92 Å². The molecule has 0 fully saturated rings. The fourth-order valence-electron chi connectivity index (χ4n) is 1.55. The number of carbonyl (C=O) groups is 2. The van der Waals surface area contributed by atoms with Gasteiger partial charge in [-0.15, -0.1) is 0 Å². The quantitative estimate of drug-likeness (QED) is 0.404. The molecule has 0 aromatic carbocycles. The molecule has 96 valence electrons. The van der Waals surface area contributed by atoms with Gasteiger partial charge >= 0.3 is 0 Å². The van der Waals surface area contributed by atoms with Crippen LogP contribution in [0, 0.1) is 0 Å². The second-order valence-electron chi connectivity index (χ2n) is 3.93. The molecule has 0 aliphatic carbocycles. The van der Waals surface area contributed by atoms with Crippen LogP contribution < -0.4 is 0 Å². The third-order valence-corrected chi connectivity index (χ3v) is 2.51. The van der Waals surface area contributed by atoms with Crippen molar-refractivity contribution < 1.29 is 9.59 Å². The van der Waals surface area contributed by atoms with Gasteiger partial charge in [-0.3, -0.25) is 14.5 Å². The summed E-state index contributed by atoms with van der Waals surface area (Å²) in [5.74, 6) is -0.385. The zero-order valence-electron chi connectivity index (χ0n) is 11.3. The predicted octanol–water partition coefficient (Wildman–Crippen LogP) is 3.07. The standard InChI is InChI=1S/C14H23NO2/c1-5-8-9-11-15(12(4)16)14(17)13(7-3)10-6-2/h6-7,10H,5,8-9,11H2,1-4H3/b10-6-,13-7+. The smallest absolute Gasteiger partial charge is 0.260 e. The van der Waals surface area contributed by atoms with Gasteiger partial charge in [-0.2, -0.15) is 0 Å². The molecule has 0 saturated carbocycles. The maximum absolute atomic E-state index is 12.1. The van der Waals surface area contributed by atoms with Crippen molar-refractivity contribution in [2.24, 2.45) is 0 Å². The van der Waals surface area contributed by atoms with E-state index in [0.717, 1.165) is 19.3 Å². The molecule has 2 amide bonds. The highest BCUT2D eigenvalue weighted by Crippen LogP contribution is 2.07. The predicted molar refractivity (Wildman–Crippen MR) is 70.5 cm³/mol. The molecule has 0 N–H and O–H groups in total. The summed E-state index contributed by atoms with van der Waals surface area (Å²) in [6.07, 6.45) is 8.25. The minimum Gasteiger partial charge on any atom is -0.279 e. The monoisotopic (exact) mass is 237 g/mol. The summed E-state index contributed by atoms with van der Waals surface area (Å²) < 4.78 is 0. The van der Waals surface area contributed by atoms with Crippen LogP contribution in [0.2, 0.25) is 0 Å². The number of allylic oxidation sites excluding steroid dienone is 2. The summed E-state index contributed by atoms with van der Waals surface area (Å²) in [4.78, 5) is 24.9. The van der Waals surface area contributed by atoms with Gasteiger partial charge in [-0.05, 0) is 20.3 Å². The van der Waals surface area contributed by atoms with E-state index in [1.54, 1.807) is 25.2 Å². The van der Waals surface area contributed by atoms with E-state index in [9.17, 15) is 9.59 Å².